The van der Waals surface area contributed by atoms with Crippen LogP contribution in [0.1, 0.15) is 54.5 Å². The van der Waals surface area contributed by atoms with Gasteiger partial charge in [-0.25, -0.2) is 4.79 Å². The smallest absolute Gasteiger partial charge is 0.287 e. The minimum absolute atomic E-state index is 0.462. The fourth-order valence-corrected chi connectivity index (χ4v) is 2.59. The Kier molecular flexibility index (Phi) is 5.43. The first-order valence-corrected chi connectivity index (χ1v) is 7.91. The quantitative estimate of drug-likeness (QED) is 0.583. The molecule has 0 amide bonds. The summed E-state index contributed by atoms with van der Waals surface area (Å²) < 4.78 is 0. The van der Waals surface area contributed by atoms with Gasteiger partial charge in [0.15, 0.2) is 5.75 Å². The second-order valence-corrected chi connectivity index (χ2v) is 6.29. The average Bonchev–Trinajstić information content (AvgIpc) is 2.48. The van der Waals surface area contributed by atoms with Gasteiger partial charge in [-0.2, -0.15) is 0 Å². The standard InChI is InChI=1S/C20H24O3/c1-13(2)18-8-6-17(7-9-18)12-19-15(4)10-14(3)11-20(19)23-22-16(5)21/h6-11,13H,12H2,1-5H3. The third-order valence-electron chi connectivity index (χ3n) is 3.85. The van der Waals surface area contributed by atoms with Crippen LogP contribution in [0.4, 0.5) is 0 Å². The van der Waals surface area contributed by atoms with Crippen LogP contribution in [0, 0.1) is 13.8 Å². The van der Waals surface area contributed by atoms with Crippen molar-refractivity contribution in [2.45, 2.75) is 47.0 Å². The Hall–Kier alpha value is -2.29. The highest BCUT2D eigenvalue weighted by Gasteiger charge is 2.12. The van der Waals surface area contributed by atoms with E-state index in [1.54, 1.807) is 0 Å². The molecule has 0 fully saturated rings. The maximum atomic E-state index is 11.0. The Morgan fingerprint density at radius 1 is 1.09 bits per heavy atom. The predicted octanol–water partition coefficient (Wildman–Crippen LogP) is 4.87. The van der Waals surface area contributed by atoms with E-state index >= 15 is 0 Å². The molecule has 0 unspecified atom stereocenters. The van der Waals surface area contributed by atoms with E-state index < -0.39 is 5.97 Å². The van der Waals surface area contributed by atoms with Crippen LogP contribution in [0.2, 0.25) is 0 Å². The van der Waals surface area contributed by atoms with E-state index in [0.717, 1.165) is 23.1 Å². The first-order chi connectivity index (χ1) is 10.9. The molecule has 0 aliphatic heterocycles. The molecule has 0 aliphatic carbocycles. The summed E-state index contributed by atoms with van der Waals surface area (Å²) in [6.07, 6.45) is 0.737. The average molecular weight is 312 g/mol. The second-order valence-electron chi connectivity index (χ2n) is 6.29. The van der Waals surface area contributed by atoms with Crippen molar-refractivity contribution < 1.29 is 14.6 Å². The first-order valence-electron chi connectivity index (χ1n) is 7.91. The number of benzene rings is 2. The van der Waals surface area contributed by atoms with Crippen LogP contribution >= 0.6 is 0 Å². The van der Waals surface area contributed by atoms with Crippen LogP contribution in [-0.4, -0.2) is 5.97 Å². The topological polar surface area (TPSA) is 35.5 Å². The van der Waals surface area contributed by atoms with Gasteiger partial charge >= 0.3 is 5.97 Å². The maximum absolute atomic E-state index is 11.0. The Labute approximate surface area is 138 Å². The van der Waals surface area contributed by atoms with Crippen molar-refractivity contribution in [2.24, 2.45) is 0 Å². The van der Waals surface area contributed by atoms with Crippen LogP contribution in [-0.2, 0) is 16.1 Å². The molecule has 0 spiro atoms. The number of rotatable bonds is 5. The Balaban J connectivity index is 2.28. The molecule has 0 N–H and O–H groups in total. The van der Waals surface area contributed by atoms with Crippen molar-refractivity contribution >= 4 is 5.97 Å². The SMILES string of the molecule is CC(=O)OOc1cc(C)cc(C)c1Cc1ccc(C(C)C)cc1. The molecular formula is C20H24O3. The summed E-state index contributed by atoms with van der Waals surface area (Å²) in [6, 6.07) is 12.6. The van der Waals surface area contributed by atoms with E-state index in [1.165, 1.54) is 18.1 Å². The van der Waals surface area contributed by atoms with Gasteiger partial charge in [-0.1, -0.05) is 44.2 Å². The maximum Gasteiger partial charge on any atom is 0.352 e. The van der Waals surface area contributed by atoms with Crippen LogP contribution in [0.25, 0.3) is 0 Å². The molecule has 0 saturated carbocycles. The second kappa shape index (κ2) is 7.32. The van der Waals surface area contributed by atoms with Crippen molar-refractivity contribution in [1.29, 1.82) is 0 Å². The third-order valence-corrected chi connectivity index (χ3v) is 3.85. The van der Waals surface area contributed by atoms with Gasteiger partial charge in [0.25, 0.3) is 0 Å². The first kappa shape index (κ1) is 17.1. The summed E-state index contributed by atoms with van der Waals surface area (Å²) in [7, 11) is 0. The molecule has 0 saturated heterocycles. The molecule has 2 aromatic rings. The lowest BCUT2D eigenvalue weighted by molar-refractivity contribution is -0.211. The summed E-state index contributed by atoms with van der Waals surface area (Å²) in [5, 5.41) is 0. The largest absolute Gasteiger partial charge is 0.352 e. The summed E-state index contributed by atoms with van der Waals surface area (Å²) in [5.41, 5.74) is 5.76. The highest BCUT2D eigenvalue weighted by Crippen LogP contribution is 2.28. The molecule has 3 heteroatoms. The molecule has 23 heavy (non-hydrogen) atoms. The molecule has 2 aromatic carbocycles. The summed E-state index contributed by atoms with van der Waals surface area (Å²) in [4.78, 5) is 21.0. The van der Waals surface area contributed by atoms with Crippen molar-refractivity contribution in [3.8, 4) is 5.75 Å². The van der Waals surface area contributed by atoms with Gasteiger partial charge in [-0.05, 0) is 48.1 Å². The van der Waals surface area contributed by atoms with Gasteiger partial charge in [-0.3, -0.25) is 9.78 Å². The Morgan fingerprint density at radius 3 is 2.30 bits per heavy atom. The summed E-state index contributed by atoms with van der Waals surface area (Å²) >= 11 is 0. The number of carbonyl (C=O) groups excluding carboxylic acids is 1. The van der Waals surface area contributed by atoms with Crippen molar-refractivity contribution in [3.05, 3.63) is 64.2 Å². The van der Waals surface area contributed by atoms with Gasteiger partial charge in [0.2, 0.25) is 0 Å². The van der Waals surface area contributed by atoms with Crippen molar-refractivity contribution in [3.63, 3.8) is 0 Å². The summed E-state index contributed by atoms with van der Waals surface area (Å²) in [6.45, 7) is 9.74. The Morgan fingerprint density at radius 2 is 1.74 bits per heavy atom. The van der Waals surface area contributed by atoms with E-state index in [1.807, 2.05) is 19.9 Å². The van der Waals surface area contributed by atoms with Crippen LogP contribution in [0.5, 0.6) is 5.75 Å². The van der Waals surface area contributed by atoms with E-state index in [0.29, 0.717) is 11.7 Å². The molecule has 0 atom stereocenters. The zero-order valence-corrected chi connectivity index (χ0v) is 14.5. The van der Waals surface area contributed by atoms with E-state index in [9.17, 15) is 4.79 Å². The van der Waals surface area contributed by atoms with Gasteiger partial charge in [-0.15, -0.1) is 0 Å². The van der Waals surface area contributed by atoms with E-state index in [-0.39, 0.29) is 0 Å². The van der Waals surface area contributed by atoms with Crippen LogP contribution in [0.15, 0.2) is 36.4 Å². The molecule has 0 aliphatic rings. The lowest BCUT2D eigenvalue weighted by Crippen LogP contribution is -2.06. The molecule has 2 rings (SSSR count). The fraction of sp³-hybridized carbons (Fsp3) is 0.350. The van der Waals surface area contributed by atoms with Gasteiger partial charge < -0.3 is 0 Å². The van der Waals surface area contributed by atoms with E-state index in [2.05, 4.69) is 44.2 Å². The normalized spacial score (nSPS) is 10.7. The highest BCUT2D eigenvalue weighted by molar-refractivity contribution is 5.65. The lowest BCUT2D eigenvalue weighted by Gasteiger charge is -2.14. The number of hydrogen-bond acceptors (Lipinski definition) is 3. The Bertz CT molecular complexity index is 685. The van der Waals surface area contributed by atoms with Crippen molar-refractivity contribution in [1.82, 2.24) is 0 Å². The molecule has 0 aromatic heterocycles. The van der Waals surface area contributed by atoms with Gasteiger partial charge in [0, 0.05) is 18.9 Å². The predicted molar refractivity (Wildman–Crippen MR) is 91.6 cm³/mol. The lowest BCUT2D eigenvalue weighted by atomic mass is 9.95. The molecule has 0 bridgehead atoms. The monoisotopic (exact) mass is 312 g/mol. The number of hydrogen-bond donors (Lipinski definition) is 0. The third kappa shape index (κ3) is 4.59. The molecule has 3 nitrogen and oxygen atoms in total. The molecule has 0 heterocycles. The fourth-order valence-electron chi connectivity index (χ4n) is 2.59. The summed E-state index contributed by atoms with van der Waals surface area (Å²) in [5.74, 6) is 0.662. The van der Waals surface area contributed by atoms with Gasteiger partial charge in [0.1, 0.15) is 0 Å². The minimum atomic E-state index is -0.462. The molecule has 122 valence electrons. The van der Waals surface area contributed by atoms with Gasteiger partial charge in [0.05, 0.1) is 0 Å². The number of aryl methyl sites for hydroxylation is 2. The highest BCUT2D eigenvalue weighted by atomic mass is 17.2. The molecular weight excluding hydrogens is 288 g/mol. The van der Waals surface area contributed by atoms with Crippen LogP contribution in [0.3, 0.4) is 0 Å². The molecule has 0 radical (unpaired) electrons. The minimum Gasteiger partial charge on any atom is -0.287 e. The van der Waals surface area contributed by atoms with Crippen molar-refractivity contribution in [2.75, 3.05) is 0 Å². The number of carbonyl (C=O) groups is 1. The zero-order chi connectivity index (χ0) is 17.0. The van der Waals surface area contributed by atoms with E-state index in [4.69, 9.17) is 9.78 Å². The zero-order valence-electron chi connectivity index (χ0n) is 14.5. The van der Waals surface area contributed by atoms with Crippen LogP contribution < -0.4 is 4.89 Å².